The van der Waals surface area contributed by atoms with Gasteiger partial charge in [0.2, 0.25) is 0 Å². The molecule has 1 aliphatic heterocycles. The topological polar surface area (TPSA) is 0 Å². The lowest BCUT2D eigenvalue weighted by Crippen LogP contribution is -2.27. The molecule has 2 unspecified atom stereocenters. The van der Waals surface area contributed by atoms with E-state index in [4.69, 9.17) is 0 Å². The largest absolute Gasteiger partial charge is 0.135 e. The highest BCUT2D eigenvalue weighted by Gasteiger charge is 2.52. The van der Waals surface area contributed by atoms with Gasteiger partial charge in [0.05, 0.1) is 0 Å². The Morgan fingerprint density at radius 1 is 0.317 bits per heavy atom. The number of benzene rings is 10. The van der Waals surface area contributed by atoms with Gasteiger partial charge in [-0.3, -0.25) is 0 Å². The van der Waals surface area contributed by atoms with Crippen molar-refractivity contribution < 1.29 is 0 Å². The van der Waals surface area contributed by atoms with E-state index in [-0.39, 0.29) is 21.7 Å². The third-order valence-electron chi connectivity index (χ3n) is 27.0. The molecule has 2 atom stereocenters. The quantitative estimate of drug-likeness (QED) is 0.0404. The van der Waals surface area contributed by atoms with Gasteiger partial charge in [-0.1, -0.05) is 331 Å². The first kappa shape index (κ1) is 69.8. The monoisotopic (exact) mass is 1400 g/mol. The molecule has 0 saturated carbocycles. The molecule has 532 valence electrons. The van der Waals surface area contributed by atoms with Crippen LogP contribution >= 0.6 is 23.1 Å². The van der Waals surface area contributed by atoms with E-state index < -0.39 is 0 Å². The smallest absolute Gasteiger partial charge is 0.0454 e. The van der Waals surface area contributed by atoms with E-state index in [0.29, 0.717) is 11.2 Å². The fraction of sp³-hybridized carbons (Fsp3) is 0.412. The van der Waals surface area contributed by atoms with Crippen LogP contribution in [0.1, 0.15) is 297 Å². The Balaban J connectivity index is 0.873. The van der Waals surface area contributed by atoms with Gasteiger partial charge in [0.15, 0.2) is 0 Å². The Kier molecular flexibility index (Phi) is 19.3. The molecule has 0 nitrogen and oxygen atoms in total. The van der Waals surface area contributed by atoms with Crippen LogP contribution in [0.25, 0.3) is 103 Å². The second kappa shape index (κ2) is 28.8. The van der Waals surface area contributed by atoms with E-state index in [2.05, 4.69) is 249 Å². The molecule has 0 fully saturated rings. The SMILES string of the molecule is CCCCCCCCC1(CCCCCCCC)c2cc3c(cc2-c2cc4c(cc21)-c1cc2c(cc1C4(CCCCCCCC)CCCCCCCC)-c1c(cc(-c4cccc5c4sc4ccccc45)c4ccccc14)C2(C)C)C(C)(C)c1cc(C2=CC=CC4c5ccccc5SC24)c2ccccc2c1-3. The Bertz CT molecular complexity index is 5130. The van der Waals surface area contributed by atoms with Crippen LogP contribution in [0.2, 0.25) is 0 Å². The summed E-state index contributed by atoms with van der Waals surface area (Å²) in [6.07, 6.45) is 43.6. The number of unbranched alkanes of at least 4 members (excludes halogenated alkanes) is 20. The summed E-state index contributed by atoms with van der Waals surface area (Å²) in [6, 6.07) is 67.3. The number of hydrogen-bond acceptors (Lipinski definition) is 2. The van der Waals surface area contributed by atoms with Crippen LogP contribution in [0.4, 0.5) is 0 Å². The van der Waals surface area contributed by atoms with Gasteiger partial charge >= 0.3 is 0 Å². The van der Waals surface area contributed by atoms with Crippen molar-refractivity contribution >= 4 is 70.4 Å². The molecule has 2 heterocycles. The molecule has 0 amide bonds. The molecule has 2 heteroatoms. The van der Waals surface area contributed by atoms with Gasteiger partial charge in [-0.2, -0.15) is 0 Å². The number of rotatable bonds is 30. The van der Waals surface area contributed by atoms with Crippen LogP contribution in [-0.2, 0) is 21.7 Å². The van der Waals surface area contributed by atoms with Crippen LogP contribution in [0.15, 0.2) is 187 Å². The van der Waals surface area contributed by atoms with Gasteiger partial charge in [0, 0.05) is 63.5 Å². The van der Waals surface area contributed by atoms with Crippen molar-refractivity contribution in [1.82, 2.24) is 0 Å². The molecule has 6 aliphatic rings. The highest BCUT2D eigenvalue weighted by Crippen LogP contribution is 2.67. The second-order valence-corrected chi connectivity index (χ2v) is 36.2. The lowest BCUT2D eigenvalue weighted by Gasteiger charge is -2.35. The number of thioether (sulfide) groups is 1. The summed E-state index contributed by atoms with van der Waals surface area (Å²) in [6.45, 7) is 19.9. The number of thiophene rings is 1. The van der Waals surface area contributed by atoms with Crippen molar-refractivity contribution in [2.75, 3.05) is 0 Å². The summed E-state index contributed by atoms with van der Waals surface area (Å²) in [5.74, 6) is 0.381. The fourth-order valence-corrected chi connectivity index (χ4v) is 24.2. The van der Waals surface area contributed by atoms with Crippen molar-refractivity contribution in [2.45, 2.75) is 273 Å². The molecule has 11 aromatic rings. The highest BCUT2D eigenvalue weighted by atomic mass is 32.2. The zero-order chi connectivity index (χ0) is 70.9. The number of fused-ring (bicyclic) bond motifs is 22. The average molecular weight is 1400 g/mol. The van der Waals surface area contributed by atoms with E-state index in [9.17, 15) is 0 Å². The van der Waals surface area contributed by atoms with Crippen molar-refractivity contribution in [1.29, 1.82) is 0 Å². The summed E-state index contributed by atoms with van der Waals surface area (Å²) in [4.78, 5) is 1.44. The van der Waals surface area contributed by atoms with E-state index >= 15 is 0 Å². The molecule has 5 aliphatic carbocycles. The maximum Gasteiger partial charge on any atom is 0.0454 e. The lowest BCUT2D eigenvalue weighted by atomic mass is 9.68. The van der Waals surface area contributed by atoms with Crippen molar-refractivity contribution in [2.24, 2.45) is 0 Å². The van der Waals surface area contributed by atoms with E-state index in [1.165, 1.54) is 299 Å². The minimum atomic E-state index is -0.231. The van der Waals surface area contributed by atoms with E-state index in [1.54, 1.807) is 44.5 Å². The molecular formula is C102H112S2. The van der Waals surface area contributed by atoms with Crippen molar-refractivity contribution in [3.05, 3.63) is 238 Å². The Labute approximate surface area is 632 Å². The first-order valence-corrected chi connectivity index (χ1v) is 43.4. The molecule has 0 spiro atoms. The third kappa shape index (κ3) is 11.5. The average Bonchev–Trinajstić information content (AvgIpc) is 1.51. The van der Waals surface area contributed by atoms with Gasteiger partial charge < -0.3 is 0 Å². The molecule has 104 heavy (non-hydrogen) atoms. The van der Waals surface area contributed by atoms with E-state index in [0.717, 1.165) is 0 Å². The molecule has 0 bridgehead atoms. The fourth-order valence-electron chi connectivity index (χ4n) is 21.5. The molecular weight excluding hydrogens is 1290 g/mol. The summed E-state index contributed by atoms with van der Waals surface area (Å²) in [5, 5.41) is 8.69. The zero-order valence-corrected chi connectivity index (χ0v) is 65.7. The highest BCUT2D eigenvalue weighted by molar-refractivity contribution is 8.00. The van der Waals surface area contributed by atoms with Crippen LogP contribution in [-0.4, -0.2) is 5.25 Å². The predicted octanol–water partition coefficient (Wildman–Crippen LogP) is 31.4. The predicted molar refractivity (Wildman–Crippen MR) is 455 cm³/mol. The zero-order valence-electron chi connectivity index (χ0n) is 64.1. The summed E-state index contributed by atoms with van der Waals surface area (Å²) >= 11 is 4.05. The third-order valence-corrected chi connectivity index (χ3v) is 29.7. The Hall–Kier alpha value is -7.23. The first-order valence-electron chi connectivity index (χ1n) is 41.7. The van der Waals surface area contributed by atoms with Crippen molar-refractivity contribution in [3.8, 4) is 55.6 Å². The molecule has 0 saturated heterocycles. The minimum absolute atomic E-state index is 0.112. The van der Waals surface area contributed by atoms with Crippen LogP contribution < -0.4 is 0 Å². The number of hydrogen-bond donors (Lipinski definition) is 0. The van der Waals surface area contributed by atoms with Gasteiger partial charge in [-0.25, -0.2) is 0 Å². The summed E-state index contributed by atoms with van der Waals surface area (Å²) in [7, 11) is 0. The maximum atomic E-state index is 2.95. The van der Waals surface area contributed by atoms with Crippen molar-refractivity contribution in [3.63, 3.8) is 0 Å². The molecule has 0 radical (unpaired) electrons. The van der Waals surface area contributed by atoms with Crippen LogP contribution in [0.5, 0.6) is 0 Å². The lowest BCUT2D eigenvalue weighted by molar-refractivity contribution is 0.394. The summed E-state index contributed by atoms with van der Waals surface area (Å²) in [5.41, 5.74) is 31.3. The van der Waals surface area contributed by atoms with Gasteiger partial charge in [0.1, 0.15) is 0 Å². The van der Waals surface area contributed by atoms with Gasteiger partial charge in [0.25, 0.3) is 0 Å². The van der Waals surface area contributed by atoms with Gasteiger partial charge in [-0.15, -0.1) is 23.1 Å². The van der Waals surface area contributed by atoms with Gasteiger partial charge in [-0.05, 0) is 219 Å². The maximum absolute atomic E-state index is 2.95. The normalized spacial score (nSPS) is 17.4. The Morgan fingerprint density at radius 3 is 1.20 bits per heavy atom. The standard InChI is InChI=1S/C102H112S2/c1-9-13-17-21-25-37-55-101(56-38-26-22-18-14-10-2)87-63-82-80-62-86-84(96-72-48-32-30-44-68(72)78(60-92(96)100(86,7)8)76-52-42-50-74-70-46-34-36-54-94(70)104-98(74)76)66-90(80)102(57-39-27-23-19-15-11-3,58-40-28-24-20-16-12-4)88(82)64-81(87)79-61-85-83(65-89(79)101)95-71-47-31-29-43-67(71)77(59-91(95)99(85,5)6)75-51-41-49-73-69-45-33-35-53-93(69)103-97(73)75/h29-36,41-54,59-66,73,97H,9-28,37-40,55-58H2,1-8H3. The molecule has 0 N–H and O–H groups in total. The molecule has 10 aromatic carbocycles. The second-order valence-electron chi connectivity index (χ2n) is 34.0. The molecule has 17 rings (SSSR count). The number of allylic oxidation sites excluding steroid dienone is 3. The molecule has 1 aromatic heterocycles. The van der Waals surface area contributed by atoms with Crippen LogP contribution in [0.3, 0.4) is 0 Å². The first-order chi connectivity index (χ1) is 50.9. The van der Waals surface area contributed by atoms with E-state index in [1.807, 2.05) is 11.3 Å². The minimum Gasteiger partial charge on any atom is -0.135 e. The summed E-state index contributed by atoms with van der Waals surface area (Å²) < 4.78 is 2.76. The Morgan fingerprint density at radius 2 is 0.702 bits per heavy atom. The van der Waals surface area contributed by atoms with Crippen LogP contribution in [0, 0.1) is 0 Å².